The first-order chi connectivity index (χ1) is 9.86. The number of aromatic nitrogens is 1. The summed E-state index contributed by atoms with van der Waals surface area (Å²) >= 11 is 0. The van der Waals surface area contributed by atoms with Crippen LogP contribution in [0.15, 0.2) is 42.6 Å². The third-order valence-electron chi connectivity index (χ3n) is 3.80. The lowest BCUT2D eigenvalue weighted by molar-refractivity contribution is 0.731. The molecule has 2 heterocycles. The molecule has 0 atom stereocenters. The summed E-state index contributed by atoms with van der Waals surface area (Å²) in [5.74, 6) is 0.975. The van der Waals surface area contributed by atoms with Gasteiger partial charge in [0.05, 0.1) is 0 Å². The number of anilines is 2. The molecular formula is C17H21N3. The van der Waals surface area contributed by atoms with Gasteiger partial charge in [-0.2, -0.15) is 0 Å². The molecule has 0 saturated carbocycles. The summed E-state index contributed by atoms with van der Waals surface area (Å²) in [5.41, 5.74) is 4.19. The minimum Gasteiger partial charge on any atom is -0.370 e. The lowest BCUT2D eigenvalue weighted by Gasteiger charge is -2.30. The molecule has 0 amide bonds. The van der Waals surface area contributed by atoms with Crippen molar-refractivity contribution >= 4 is 11.5 Å². The highest BCUT2D eigenvalue weighted by atomic mass is 15.1. The summed E-state index contributed by atoms with van der Waals surface area (Å²) < 4.78 is 0. The van der Waals surface area contributed by atoms with E-state index in [1.807, 2.05) is 6.20 Å². The van der Waals surface area contributed by atoms with Gasteiger partial charge in [0.15, 0.2) is 0 Å². The van der Waals surface area contributed by atoms with E-state index >= 15 is 0 Å². The second kappa shape index (κ2) is 5.95. The van der Waals surface area contributed by atoms with Gasteiger partial charge in [-0.1, -0.05) is 31.2 Å². The molecule has 1 N–H and O–H groups in total. The fourth-order valence-corrected chi connectivity index (χ4v) is 2.68. The first kappa shape index (κ1) is 13.0. The largest absolute Gasteiger partial charge is 0.370 e. The van der Waals surface area contributed by atoms with Gasteiger partial charge in [0.2, 0.25) is 0 Å². The van der Waals surface area contributed by atoms with E-state index in [1.165, 1.54) is 16.8 Å². The van der Waals surface area contributed by atoms with Crippen LogP contribution in [-0.4, -0.2) is 18.1 Å². The average Bonchev–Trinajstić information content (AvgIpc) is 2.53. The Morgan fingerprint density at radius 1 is 1.20 bits per heavy atom. The zero-order chi connectivity index (χ0) is 13.8. The van der Waals surface area contributed by atoms with E-state index in [2.05, 4.69) is 58.5 Å². The van der Waals surface area contributed by atoms with Gasteiger partial charge >= 0.3 is 0 Å². The number of benzene rings is 1. The molecule has 0 aliphatic carbocycles. The van der Waals surface area contributed by atoms with E-state index in [0.717, 1.165) is 38.3 Å². The zero-order valence-corrected chi connectivity index (χ0v) is 12.0. The van der Waals surface area contributed by atoms with Crippen molar-refractivity contribution in [2.24, 2.45) is 0 Å². The Hall–Kier alpha value is -2.03. The highest BCUT2D eigenvalue weighted by Crippen LogP contribution is 2.25. The molecule has 3 rings (SSSR count). The molecule has 0 fully saturated rings. The van der Waals surface area contributed by atoms with Crippen LogP contribution in [0.25, 0.3) is 0 Å². The van der Waals surface area contributed by atoms with E-state index in [-0.39, 0.29) is 0 Å². The molecule has 0 spiro atoms. The number of fused-ring (bicyclic) bond motifs is 1. The molecule has 0 bridgehead atoms. The van der Waals surface area contributed by atoms with Crippen molar-refractivity contribution in [3.05, 3.63) is 53.7 Å². The molecule has 104 valence electrons. The minimum atomic E-state index is 0.972. The van der Waals surface area contributed by atoms with E-state index in [0.29, 0.717) is 0 Å². The normalized spacial score (nSPS) is 13.9. The third-order valence-corrected chi connectivity index (χ3v) is 3.80. The number of pyridine rings is 1. The van der Waals surface area contributed by atoms with Gasteiger partial charge in [-0.25, -0.2) is 4.98 Å². The highest BCUT2D eigenvalue weighted by molar-refractivity contribution is 5.55. The molecule has 1 aromatic carbocycles. The third kappa shape index (κ3) is 2.77. The van der Waals surface area contributed by atoms with Gasteiger partial charge in [-0.15, -0.1) is 0 Å². The van der Waals surface area contributed by atoms with Crippen LogP contribution in [-0.2, 0) is 13.0 Å². The van der Waals surface area contributed by atoms with Crippen LogP contribution in [0.1, 0.15) is 24.5 Å². The van der Waals surface area contributed by atoms with Crippen LogP contribution >= 0.6 is 0 Å². The molecule has 0 saturated heterocycles. The summed E-state index contributed by atoms with van der Waals surface area (Å²) in [6.45, 7) is 5.21. The SMILES string of the molecule is CCCNc1cc(N2CCc3ccccc3C2)ccn1. The topological polar surface area (TPSA) is 28.2 Å². The summed E-state index contributed by atoms with van der Waals surface area (Å²) in [6.07, 6.45) is 4.13. The highest BCUT2D eigenvalue weighted by Gasteiger charge is 2.16. The number of nitrogens with one attached hydrogen (secondary N) is 1. The molecule has 1 aliphatic heterocycles. The van der Waals surface area contributed by atoms with Crippen molar-refractivity contribution in [3.8, 4) is 0 Å². The van der Waals surface area contributed by atoms with Gasteiger partial charge in [-0.3, -0.25) is 0 Å². The number of rotatable bonds is 4. The van der Waals surface area contributed by atoms with E-state index < -0.39 is 0 Å². The molecule has 2 aromatic rings. The molecule has 3 heteroatoms. The minimum absolute atomic E-state index is 0.972. The Morgan fingerprint density at radius 2 is 2.05 bits per heavy atom. The van der Waals surface area contributed by atoms with Crippen molar-refractivity contribution in [3.63, 3.8) is 0 Å². The predicted octanol–water partition coefficient (Wildman–Crippen LogP) is 3.47. The van der Waals surface area contributed by atoms with E-state index in [1.54, 1.807) is 0 Å². The maximum Gasteiger partial charge on any atom is 0.127 e. The zero-order valence-electron chi connectivity index (χ0n) is 12.0. The van der Waals surface area contributed by atoms with Gasteiger partial charge in [0.1, 0.15) is 5.82 Å². The first-order valence-electron chi connectivity index (χ1n) is 7.38. The van der Waals surface area contributed by atoms with Crippen molar-refractivity contribution in [2.75, 3.05) is 23.3 Å². The fraction of sp³-hybridized carbons (Fsp3) is 0.353. The van der Waals surface area contributed by atoms with Crippen LogP contribution < -0.4 is 10.2 Å². The van der Waals surface area contributed by atoms with Gasteiger partial charge < -0.3 is 10.2 Å². The van der Waals surface area contributed by atoms with Crippen molar-refractivity contribution < 1.29 is 0 Å². The predicted molar refractivity (Wildman–Crippen MR) is 84.2 cm³/mol. The quantitative estimate of drug-likeness (QED) is 0.919. The molecule has 1 aromatic heterocycles. The Labute approximate surface area is 120 Å². The lowest BCUT2D eigenvalue weighted by Crippen LogP contribution is -2.30. The lowest BCUT2D eigenvalue weighted by atomic mass is 9.99. The molecular weight excluding hydrogens is 246 g/mol. The maximum atomic E-state index is 4.38. The average molecular weight is 267 g/mol. The van der Waals surface area contributed by atoms with Gasteiger partial charge in [0, 0.05) is 37.6 Å². The van der Waals surface area contributed by atoms with Crippen molar-refractivity contribution in [1.82, 2.24) is 4.98 Å². The number of hydrogen-bond donors (Lipinski definition) is 1. The van der Waals surface area contributed by atoms with Crippen LogP contribution in [0, 0.1) is 0 Å². The standard InChI is InChI=1S/C17H21N3/c1-2-9-18-17-12-16(7-10-19-17)20-11-8-14-5-3-4-6-15(14)13-20/h3-7,10,12H,2,8-9,11,13H2,1H3,(H,18,19). The first-order valence-corrected chi connectivity index (χ1v) is 7.38. The summed E-state index contributed by atoms with van der Waals surface area (Å²) in [4.78, 5) is 6.81. The Kier molecular flexibility index (Phi) is 3.86. The monoisotopic (exact) mass is 267 g/mol. The summed E-state index contributed by atoms with van der Waals surface area (Å²) in [7, 11) is 0. The maximum absolute atomic E-state index is 4.38. The van der Waals surface area contributed by atoms with E-state index in [4.69, 9.17) is 0 Å². The Morgan fingerprint density at radius 3 is 2.90 bits per heavy atom. The number of hydrogen-bond acceptors (Lipinski definition) is 3. The number of nitrogens with zero attached hydrogens (tertiary/aromatic N) is 2. The molecule has 1 aliphatic rings. The second-order valence-corrected chi connectivity index (χ2v) is 5.27. The van der Waals surface area contributed by atoms with Crippen LogP contribution in [0.5, 0.6) is 0 Å². The van der Waals surface area contributed by atoms with Crippen molar-refractivity contribution in [1.29, 1.82) is 0 Å². The van der Waals surface area contributed by atoms with Crippen LogP contribution in [0.2, 0.25) is 0 Å². The smallest absolute Gasteiger partial charge is 0.127 e. The van der Waals surface area contributed by atoms with Crippen molar-refractivity contribution in [2.45, 2.75) is 26.3 Å². The molecule has 0 unspecified atom stereocenters. The second-order valence-electron chi connectivity index (χ2n) is 5.27. The summed E-state index contributed by atoms with van der Waals surface area (Å²) in [6, 6.07) is 13.0. The van der Waals surface area contributed by atoms with E-state index in [9.17, 15) is 0 Å². The Balaban J connectivity index is 1.77. The van der Waals surface area contributed by atoms with Gasteiger partial charge in [0.25, 0.3) is 0 Å². The van der Waals surface area contributed by atoms with Crippen LogP contribution in [0.3, 0.4) is 0 Å². The van der Waals surface area contributed by atoms with Crippen LogP contribution in [0.4, 0.5) is 11.5 Å². The fourth-order valence-electron chi connectivity index (χ4n) is 2.68. The van der Waals surface area contributed by atoms with Gasteiger partial charge in [-0.05, 0) is 30.0 Å². The molecule has 20 heavy (non-hydrogen) atoms. The molecule has 3 nitrogen and oxygen atoms in total. The molecule has 0 radical (unpaired) electrons. The Bertz CT molecular complexity index is 580. The summed E-state index contributed by atoms with van der Waals surface area (Å²) in [5, 5.41) is 3.36.